The van der Waals surface area contributed by atoms with Crippen LogP contribution in [0.4, 0.5) is 52.2 Å². The average Bonchev–Trinajstić information content (AvgIpc) is 0.745. The van der Waals surface area contributed by atoms with Crippen molar-refractivity contribution in [2.75, 3.05) is 58.1 Å². The molecule has 6 aromatic rings. The molecule has 4 heterocycles. The molecule has 34 nitrogen and oxygen atoms in total. The van der Waals surface area contributed by atoms with Crippen LogP contribution in [0.15, 0.2) is 99.4 Å². The topological polar surface area (TPSA) is 523 Å². The number of rotatable bonds is 20. The van der Waals surface area contributed by atoms with E-state index in [0.717, 1.165) is 24.3 Å². The molecule has 2 aromatic heterocycles. The van der Waals surface area contributed by atoms with Crippen molar-refractivity contribution < 1.29 is 87.0 Å². The van der Waals surface area contributed by atoms with Gasteiger partial charge in [-0.2, -0.15) is 80.4 Å². The molecule has 0 spiro atoms. The molecule has 2 aliphatic heterocycles. The van der Waals surface area contributed by atoms with Gasteiger partial charge < -0.3 is 41.1 Å². The summed E-state index contributed by atoms with van der Waals surface area (Å²) in [7, 11) is -30.3. The molecule has 1 aliphatic carbocycles. The van der Waals surface area contributed by atoms with Gasteiger partial charge in [-0.15, -0.1) is 0 Å². The third-order valence-electron chi connectivity index (χ3n) is 11.5. The monoisotopic (exact) mass is 1370 g/mol. The summed E-state index contributed by atoms with van der Waals surface area (Å²) < 4.78 is 219. The van der Waals surface area contributed by atoms with Gasteiger partial charge in [-0.05, 0) is 90.3 Å². The Hall–Kier alpha value is -6.55. The number of aryl methyl sites for hydroxylation is 1. The molecule has 0 fully saturated rings. The van der Waals surface area contributed by atoms with E-state index >= 15 is 0 Å². The first kappa shape index (κ1) is 65.4. The number of ether oxygens (including phenoxy) is 1. The summed E-state index contributed by atoms with van der Waals surface area (Å²) in [5, 5.41) is 14.8. The SMILES string of the molecule is CCc1c2c(c(Cl)c3oc4c(S(=O)(=O)O)c(=NCCNc5nc(Cl)nc(Nc6ccc(S(=O)(=O)O)cc6S(=O)(=O)O)n5)ccc-4nc13)Nc1ccc(NCCNc3nc(Cl)nc(Nc4ccc(S(=O)(=O)O)cc4S(=O)(=O)O)n3)c(S(=O)(=O)O)c1O2.[Na]. The van der Waals surface area contributed by atoms with Crippen LogP contribution in [-0.2, 0) is 67.1 Å². The van der Waals surface area contributed by atoms with Crippen LogP contribution in [0.1, 0.15) is 12.5 Å². The number of hydrogen-bond acceptors (Lipinski definition) is 28. The Balaban J connectivity index is 0.00000961. The molecule has 12 N–H and O–H groups in total. The fourth-order valence-corrected chi connectivity index (χ4v) is 12.8. The molecule has 451 valence electrons. The third-order valence-corrected chi connectivity index (χ3v) is 17.6. The second-order valence-corrected chi connectivity index (χ2v) is 26.5. The molecule has 0 atom stereocenters. The molecule has 0 bridgehead atoms. The minimum absolute atomic E-state index is 0. The first-order valence-corrected chi connectivity index (χ1v) is 32.8. The Morgan fingerprint density at radius 1 is 0.547 bits per heavy atom. The predicted molar refractivity (Wildman–Crippen MR) is 304 cm³/mol. The molecular formula is C42H35Cl3N14NaO20S6. The van der Waals surface area contributed by atoms with Crippen LogP contribution in [0.25, 0.3) is 22.6 Å². The largest absolute Gasteiger partial charge is 0.451 e. The van der Waals surface area contributed by atoms with E-state index in [-0.39, 0.29) is 130 Å². The molecule has 0 amide bonds. The number of benzene rings is 5. The first-order chi connectivity index (χ1) is 39.6. The maximum Gasteiger partial charge on any atom is 0.300 e. The maximum atomic E-state index is 13.1. The quantitative estimate of drug-likeness (QED) is 0.0211. The van der Waals surface area contributed by atoms with E-state index in [0.29, 0.717) is 12.1 Å². The number of aromatic nitrogens is 7. The molecule has 3 aliphatic rings. The number of nitrogens with one attached hydrogen (secondary N) is 6. The van der Waals surface area contributed by atoms with E-state index in [9.17, 15) is 77.8 Å². The Morgan fingerprint density at radius 3 is 1.55 bits per heavy atom. The van der Waals surface area contributed by atoms with Crippen molar-refractivity contribution in [1.29, 1.82) is 0 Å². The van der Waals surface area contributed by atoms with Crippen molar-refractivity contribution in [3.05, 3.63) is 87.2 Å². The van der Waals surface area contributed by atoms with Crippen LogP contribution in [-0.4, -0.2) is 168 Å². The van der Waals surface area contributed by atoms with Gasteiger partial charge in [0.2, 0.25) is 34.4 Å². The third kappa shape index (κ3) is 14.4. The van der Waals surface area contributed by atoms with Crippen LogP contribution in [0.5, 0.6) is 11.5 Å². The van der Waals surface area contributed by atoms with Crippen LogP contribution in [0, 0.1) is 0 Å². The second-order valence-electron chi connectivity index (χ2n) is 17.1. The van der Waals surface area contributed by atoms with Crippen molar-refractivity contribution in [3.63, 3.8) is 0 Å². The maximum absolute atomic E-state index is 13.1. The van der Waals surface area contributed by atoms with Gasteiger partial charge in [-0.25, -0.2) is 4.98 Å². The Bertz CT molecular complexity index is 4890. The Morgan fingerprint density at radius 2 is 1.05 bits per heavy atom. The van der Waals surface area contributed by atoms with Crippen molar-refractivity contribution >= 4 is 188 Å². The zero-order valence-electron chi connectivity index (χ0n) is 42.9. The molecule has 0 unspecified atom stereocenters. The van der Waals surface area contributed by atoms with Gasteiger partial charge in [-0.1, -0.05) is 18.5 Å². The predicted octanol–water partition coefficient (Wildman–Crippen LogP) is 4.80. The fourth-order valence-electron chi connectivity index (χ4n) is 8.08. The number of anilines is 9. The minimum atomic E-state index is -5.19. The van der Waals surface area contributed by atoms with E-state index in [2.05, 4.69) is 71.8 Å². The normalized spacial score (nSPS) is 13.0. The van der Waals surface area contributed by atoms with Crippen molar-refractivity contribution in [3.8, 4) is 23.0 Å². The van der Waals surface area contributed by atoms with E-state index in [1.54, 1.807) is 6.92 Å². The van der Waals surface area contributed by atoms with Gasteiger partial charge in [-0.3, -0.25) is 32.3 Å². The zero-order valence-corrected chi connectivity index (χ0v) is 52.0. The molecule has 0 saturated carbocycles. The van der Waals surface area contributed by atoms with Gasteiger partial charge in [0.15, 0.2) is 32.6 Å². The molecular weight excluding hydrogens is 1340 g/mol. The molecule has 9 rings (SSSR count). The summed E-state index contributed by atoms with van der Waals surface area (Å²) >= 11 is 19.1. The molecule has 0 saturated heterocycles. The van der Waals surface area contributed by atoms with Crippen LogP contribution in [0.3, 0.4) is 0 Å². The van der Waals surface area contributed by atoms with E-state index < -0.39 is 135 Å². The summed E-state index contributed by atoms with van der Waals surface area (Å²) in [4.78, 5) is 27.2. The molecule has 4 aromatic carbocycles. The van der Waals surface area contributed by atoms with Gasteiger partial charge in [0.1, 0.15) is 31.7 Å². The van der Waals surface area contributed by atoms with Crippen LogP contribution < -0.4 is 42.0 Å². The van der Waals surface area contributed by atoms with Crippen LogP contribution >= 0.6 is 34.8 Å². The molecule has 44 heteroatoms. The summed E-state index contributed by atoms with van der Waals surface area (Å²) in [5.74, 6) is -2.30. The van der Waals surface area contributed by atoms with E-state index in [1.165, 1.54) is 24.3 Å². The number of nitrogens with zero attached hydrogens (tertiary/aromatic N) is 8. The average molecular weight is 1380 g/mol. The standard InChI is InChI=1S/C42H35Cl3N14O20S6.Na/c1-2-19-29-34(79-33-22(50-29)7-9-25(36(33)85(75,76)77)47-12-14-49-40-55-38(45)57-42(59-40)53-21-6-4-18(81(63,64)65)16-27(21)83(69,70)71)28(43)30-31(19)78-32-23(51-30)8-10-24(35(32)84(72,73)74)46-11-13-48-39-54-37(44)56-41(58-39)52-20-5-3-17(80(60,61)62)15-26(20)82(66,67)68;/h3-10,15-16,46,51H,2,11-14H2,1H3,(H,60,61,62)(H,63,64,65)(H,66,67,68)(H,69,70,71)(H,72,73,74)(H,75,76,77)(H2,48,52,54,56,58)(H2,49,53,55,57,59);. The minimum Gasteiger partial charge on any atom is -0.451 e. The van der Waals surface area contributed by atoms with Gasteiger partial charge in [0, 0.05) is 54.8 Å². The van der Waals surface area contributed by atoms with Gasteiger partial charge >= 0.3 is 10.1 Å². The first-order valence-electron chi connectivity index (χ1n) is 23.0. The Kier molecular flexibility index (Phi) is 18.7. The van der Waals surface area contributed by atoms with Gasteiger partial charge in [0.25, 0.3) is 50.6 Å². The van der Waals surface area contributed by atoms with Crippen molar-refractivity contribution in [1.82, 2.24) is 34.9 Å². The second kappa shape index (κ2) is 24.5. The van der Waals surface area contributed by atoms with E-state index in [1.807, 2.05) is 0 Å². The van der Waals surface area contributed by atoms with Crippen molar-refractivity contribution in [2.24, 2.45) is 4.99 Å². The summed E-state index contributed by atoms with van der Waals surface area (Å²) in [6.07, 6.45) is 0.0808. The van der Waals surface area contributed by atoms with E-state index in [4.69, 9.17) is 44.0 Å². The summed E-state index contributed by atoms with van der Waals surface area (Å²) in [6, 6.07) is 9.51. The molecule has 1 radical (unpaired) electrons. The summed E-state index contributed by atoms with van der Waals surface area (Å²) in [6.45, 7) is 0.962. The zero-order chi connectivity index (χ0) is 61.9. The van der Waals surface area contributed by atoms with Crippen molar-refractivity contribution in [2.45, 2.75) is 42.7 Å². The Labute approximate surface area is 521 Å². The number of halogens is 3. The number of hydrogen-bond donors (Lipinski definition) is 12. The van der Waals surface area contributed by atoms with Crippen LogP contribution in [0.2, 0.25) is 15.6 Å². The summed E-state index contributed by atoms with van der Waals surface area (Å²) in [5.41, 5.74) is -1.28. The smallest absolute Gasteiger partial charge is 0.300 e. The fraction of sp³-hybridized carbons (Fsp3) is 0.143. The molecule has 86 heavy (non-hydrogen) atoms. The number of fused-ring (bicyclic) bond motifs is 4. The van der Waals surface area contributed by atoms with Gasteiger partial charge in [0.05, 0.1) is 44.4 Å².